The van der Waals surface area contributed by atoms with E-state index in [4.69, 9.17) is 9.84 Å². The van der Waals surface area contributed by atoms with Gasteiger partial charge in [0.1, 0.15) is 24.6 Å². The Labute approximate surface area is 182 Å². The summed E-state index contributed by atoms with van der Waals surface area (Å²) in [5, 5.41) is 29.2. The van der Waals surface area contributed by atoms with Crippen LogP contribution in [0, 0.1) is 0 Å². The molecule has 0 radical (unpaired) electrons. The highest BCUT2D eigenvalue weighted by Gasteiger charge is 2.41. The van der Waals surface area contributed by atoms with E-state index in [0.717, 1.165) is 32.2 Å². The van der Waals surface area contributed by atoms with Crippen molar-refractivity contribution in [3.8, 4) is 5.75 Å². The highest BCUT2D eigenvalue weighted by molar-refractivity contribution is 9.10. The maximum absolute atomic E-state index is 13.4. The standard InChI is InChI=1S/C23H24BrNO5/c1-23(2)16-9-13(30-11-19(28)18(27)10-26)5-7-14(16)21(29)20-15-6-4-12(24)8-17(15)25(3)22(20)23/h4-9,18-19,26-28H,10-11H2,1-3H3/t18-,19-/m1/s1. The van der Waals surface area contributed by atoms with Crippen molar-refractivity contribution in [2.24, 2.45) is 7.05 Å². The van der Waals surface area contributed by atoms with E-state index in [2.05, 4.69) is 34.3 Å². The minimum absolute atomic E-state index is 0.0189. The Kier molecular flexibility index (Phi) is 5.26. The summed E-state index contributed by atoms with van der Waals surface area (Å²) >= 11 is 3.52. The molecule has 0 saturated heterocycles. The van der Waals surface area contributed by atoms with Gasteiger partial charge in [-0.2, -0.15) is 0 Å². The molecule has 0 saturated carbocycles. The van der Waals surface area contributed by atoms with Gasteiger partial charge in [0.2, 0.25) is 0 Å². The fourth-order valence-corrected chi connectivity index (χ4v) is 4.72. The van der Waals surface area contributed by atoms with Crippen LogP contribution < -0.4 is 4.74 Å². The topological polar surface area (TPSA) is 91.9 Å². The van der Waals surface area contributed by atoms with Gasteiger partial charge >= 0.3 is 0 Å². The van der Waals surface area contributed by atoms with E-state index >= 15 is 0 Å². The number of hydrogen-bond donors (Lipinski definition) is 3. The Hall–Kier alpha value is -2.19. The molecule has 0 fully saturated rings. The molecule has 3 N–H and O–H groups in total. The van der Waals surface area contributed by atoms with Crippen molar-refractivity contribution in [3.05, 3.63) is 63.3 Å². The van der Waals surface area contributed by atoms with Crippen LogP contribution in [0.25, 0.3) is 10.9 Å². The number of benzene rings is 2. The number of halogens is 1. The number of ether oxygens (including phenoxy) is 1. The van der Waals surface area contributed by atoms with Gasteiger partial charge < -0.3 is 24.6 Å². The number of rotatable bonds is 5. The van der Waals surface area contributed by atoms with Crippen molar-refractivity contribution in [1.82, 2.24) is 4.57 Å². The van der Waals surface area contributed by atoms with Crippen molar-refractivity contribution in [3.63, 3.8) is 0 Å². The zero-order valence-corrected chi connectivity index (χ0v) is 18.6. The molecule has 30 heavy (non-hydrogen) atoms. The highest BCUT2D eigenvalue weighted by Crippen LogP contribution is 2.46. The average molecular weight is 474 g/mol. The SMILES string of the molecule is Cn1c2c(c3ccc(Br)cc31)C(=O)c1ccc(OC[C@@H](O)[C@H](O)CO)cc1C2(C)C. The van der Waals surface area contributed by atoms with Crippen molar-refractivity contribution in [2.75, 3.05) is 13.2 Å². The van der Waals surface area contributed by atoms with E-state index in [1.807, 2.05) is 31.3 Å². The van der Waals surface area contributed by atoms with E-state index in [1.165, 1.54) is 0 Å². The number of nitrogens with zero attached hydrogens (tertiary/aromatic N) is 1. The van der Waals surface area contributed by atoms with Gasteiger partial charge in [-0.1, -0.05) is 35.8 Å². The molecule has 0 amide bonds. The molecule has 0 spiro atoms. The third-order valence-corrected chi connectivity index (χ3v) is 6.44. The van der Waals surface area contributed by atoms with Crippen molar-refractivity contribution in [2.45, 2.75) is 31.5 Å². The number of aliphatic hydroxyl groups is 3. The second-order valence-corrected chi connectivity index (χ2v) is 9.15. The molecule has 6 nitrogen and oxygen atoms in total. The highest BCUT2D eigenvalue weighted by atomic mass is 79.9. The van der Waals surface area contributed by atoms with Crippen molar-refractivity contribution < 1.29 is 24.9 Å². The number of carbonyl (C=O) groups excluding carboxylic acids is 1. The molecular weight excluding hydrogens is 450 g/mol. The Morgan fingerprint density at radius 1 is 1.13 bits per heavy atom. The molecule has 0 bridgehead atoms. The van der Waals surface area contributed by atoms with Crippen LogP contribution in [-0.2, 0) is 12.5 Å². The maximum Gasteiger partial charge on any atom is 0.195 e. The fraction of sp³-hybridized carbons (Fsp3) is 0.348. The summed E-state index contributed by atoms with van der Waals surface area (Å²) in [6.07, 6.45) is -2.47. The number of aryl methyl sites for hydroxylation is 1. The Morgan fingerprint density at radius 2 is 1.87 bits per heavy atom. The first-order chi connectivity index (χ1) is 14.2. The van der Waals surface area contributed by atoms with Gasteiger partial charge in [-0.25, -0.2) is 0 Å². The molecule has 1 heterocycles. The van der Waals surface area contributed by atoms with Gasteiger partial charge in [-0.3, -0.25) is 4.79 Å². The molecule has 2 atom stereocenters. The summed E-state index contributed by atoms with van der Waals surface area (Å²) in [6.45, 7) is 3.46. The molecule has 4 rings (SSSR count). The molecular formula is C23H24BrNO5. The smallest absolute Gasteiger partial charge is 0.195 e. The Bertz CT molecular complexity index is 1150. The first-order valence-corrected chi connectivity index (χ1v) is 10.5. The van der Waals surface area contributed by atoms with Crippen LogP contribution >= 0.6 is 15.9 Å². The maximum atomic E-state index is 13.4. The van der Waals surface area contributed by atoms with E-state index in [1.54, 1.807) is 12.1 Å². The van der Waals surface area contributed by atoms with Crippen LogP contribution in [0.5, 0.6) is 5.75 Å². The molecule has 158 valence electrons. The number of hydrogen-bond acceptors (Lipinski definition) is 5. The number of fused-ring (bicyclic) bond motifs is 4. The van der Waals surface area contributed by atoms with E-state index in [-0.39, 0.29) is 12.4 Å². The molecule has 0 unspecified atom stereocenters. The summed E-state index contributed by atoms with van der Waals surface area (Å²) in [5.41, 5.74) is 3.68. The van der Waals surface area contributed by atoms with Crippen LogP contribution in [-0.4, -0.2) is 51.1 Å². The summed E-state index contributed by atoms with van der Waals surface area (Å²) in [7, 11) is 1.97. The van der Waals surface area contributed by atoms with Crippen LogP contribution in [0.2, 0.25) is 0 Å². The fourth-order valence-electron chi connectivity index (χ4n) is 4.38. The molecule has 3 aromatic rings. The lowest BCUT2D eigenvalue weighted by Gasteiger charge is -2.34. The minimum Gasteiger partial charge on any atom is -0.491 e. The van der Waals surface area contributed by atoms with Gasteiger partial charge in [0.05, 0.1) is 12.2 Å². The monoisotopic (exact) mass is 473 g/mol. The zero-order valence-electron chi connectivity index (χ0n) is 17.0. The third-order valence-electron chi connectivity index (χ3n) is 5.94. The third kappa shape index (κ3) is 3.17. The van der Waals surface area contributed by atoms with Crippen molar-refractivity contribution >= 4 is 32.6 Å². The number of aliphatic hydroxyl groups excluding tert-OH is 3. The Morgan fingerprint density at radius 3 is 2.57 bits per heavy atom. The normalized spacial score (nSPS) is 16.8. The minimum atomic E-state index is -1.27. The quantitative estimate of drug-likeness (QED) is 0.529. The van der Waals surface area contributed by atoms with Crippen molar-refractivity contribution in [1.29, 1.82) is 0 Å². The summed E-state index contributed by atoms with van der Waals surface area (Å²) in [5.74, 6) is 0.471. The number of aromatic nitrogens is 1. The van der Waals surface area contributed by atoms with Gasteiger partial charge in [0, 0.05) is 39.1 Å². The van der Waals surface area contributed by atoms with Crippen LogP contribution in [0.1, 0.15) is 41.0 Å². The Balaban J connectivity index is 1.79. The van der Waals surface area contributed by atoms with Gasteiger partial charge in [0.25, 0.3) is 0 Å². The van der Waals surface area contributed by atoms with E-state index < -0.39 is 24.2 Å². The van der Waals surface area contributed by atoms with Crippen LogP contribution in [0.3, 0.4) is 0 Å². The lowest BCUT2D eigenvalue weighted by Crippen LogP contribution is -2.34. The molecule has 1 aliphatic carbocycles. The first kappa shape index (κ1) is 21.1. The molecule has 0 aliphatic heterocycles. The number of ketones is 1. The number of carbonyl (C=O) groups is 1. The first-order valence-electron chi connectivity index (χ1n) is 9.74. The predicted octanol–water partition coefficient (Wildman–Crippen LogP) is 2.90. The van der Waals surface area contributed by atoms with Gasteiger partial charge in [0.15, 0.2) is 5.78 Å². The van der Waals surface area contributed by atoms with Crippen LogP contribution in [0.4, 0.5) is 0 Å². The van der Waals surface area contributed by atoms with E-state index in [9.17, 15) is 15.0 Å². The van der Waals surface area contributed by atoms with E-state index in [0.29, 0.717) is 11.3 Å². The molecule has 2 aromatic carbocycles. The van der Waals surface area contributed by atoms with Crippen LogP contribution in [0.15, 0.2) is 40.9 Å². The predicted molar refractivity (Wildman–Crippen MR) is 117 cm³/mol. The summed E-state index contributed by atoms with van der Waals surface area (Å²) in [4.78, 5) is 13.4. The average Bonchev–Trinajstić information content (AvgIpc) is 3.02. The molecule has 1 aromatic heterocycles. The van der Waals surface area contributed by atoms with Gasteiger partial charge in [-0.15, -0.1) is 0 Å². The molecule has 7 heteroatoms. The zero-order chi connectivity index (χ0) is 21.8. The molecule has 1 aliphatic rings. The second kappa shape index (κ2) is 7.50. The lowest BCUT2D eigenvalue weighted by molar-refractivity contribution is -0.0339. The largest absolute Gasteiger partial charge is 0.491 e. The second-order valence-electron chi connectivity index (χ2n) is 8.23. The lowest BCUT2D eigenvalue weighted by atomic mass is 9.71. The summed E-state index contributed by atoms with van der Waals surface area (Å²) < 4.78 is 8.66. The summed E-state index contributed by atoms with van der Waals surface area (Å²) in [6, 6.07) is 11.2. The van der Waals surface area contributed by atoms with Gasteiger partial charge in [-0.05, 0) is 35.9 Å².